The Hall–Kier alpha value is 0.692. The van der Waals surface area contributed by atoms with Gasteiger partial charge in [-0.1, -0.05) is 0 Å². The Balaban J connectivity index is 0. The molecule has 46 valence electrons. The van der Waals surface area contributed by atoms with Crippen LogP contribution in [0.2, 0.25) is 0 Å². The first-order chi connectivity index (χ1) is 2.94. The summed E-state index contributed by atoms with van der Waals surface area (Å²) in [7, 11) is -5.32. The van der Waals surface area contributed by atoms with Gasteiger partial charge in [0.1, 0.15) is 0 Å². The molecule has 0 unspecified atom stereocenters. The van der Waals surface area contributed by atoms with Crippen LogP contribution >= 0.6 is 0 Å². The molecule has 0 radical (unpaired) electrons. The topological polar surface area (TPSA) is 57.2 Å². The van der Waals surface area contributed by atoms with Gasteiger partial charge in [0, 0.05) is 0 Å². The molecule has 0 rings (SSSR count). The number of alkyl halides is 2. The Morgan fingerprint density at radius 1 is 1.38 bits per heavy atom. The minimum Gasteiger partial charge on any atom is -0.744 e. The van der Waals surface area contributed by atoms with Crippen LogP contribution in [0, 0.1) is 0 Å². The molecule has 0 bridgehead atoms. The van der Waals surface area contributed by atoms with E-state index in [2.05, 4.69) is 0 Å². The van der Waals surface area contributed by atoms with Gasteiger partial charge in [-0.15, -0.1) is 0 Å². The summed E-state index contributed by atoms with van der Waals surface area (Å²) in [4.78, 5) is 0. The predicted octanol–water partition coefficient (Wildman–Crippen LogP) is -0.627. The summed E-state index contributed by atoms with van der Waals surface area (Å²) in [5.41, 5.74) is 0. The Morgan fingerprint density at radius 3 is 1.50 bits per heavy atom. The van der Waals surface area contributed by atoms with Gasteiger partial charge < -0.3 is 4.55 Å². The average Bonchev–Trinajstić information content (AvgIpc) is 1.31. The quantitative estimate of drug-likeness (QED) is 0.474. The van der Waals surface area contributed by atoms with Crippen molar-refractivity contribution in [3.8, 4) is 0 Å². The number of hydrogen-bond donors (Lipinski definition) is 0. The van der Waals surface area contributed by atoms with E-state index in [0.29, 0.717) is 0 Å². The Bertz CT molecular complexity index is 139. The van der Waals surface area contributed by atoms with Crippen molar-refractivity contribution in [2.75, 3.05) is 0 Å². The van der Waals surface area contributed by atoms with Gasteiger partial charge in [0.15, 0.2) is 10.1 Å². The molecule has 0 amide bonds. The molecular weight excluding hydrogens is 334 g/mol. The zero-order chi connectivity index (χ0) is 6.08. The molecule has 0 atom stereocenters. The Labute approximate surface area is 65.0 Å². The van der Waals surface area contributed by atoms with Crippen molar-refractivity contribution in [2.45, 2.75) is 5.76 Å². The minimum absolute atomic E-state index is 0. The minimum atomic E-state index is -5.32. The number of rotatable bonds is 1. The van der Waals surface area contributed by atoms with E-state index in [1.165, 1.54) is 0 Å². The second kappa shape index (κ2) is 3.67. The molecule has 0 saturated carbocycles. The standard InChI is InChI=1S/CH2F2O3S.Tl/c2-1(3)7(4,5)6;/h1H,(H,4,5,6);/q;+1/p-1. The average molecular weight is 335 g/mol. The van der Waals surface area contributed by atoms with Gasteiger partial charge in [-0.05, 0) is 0 Å². The van der Waals surface area contributed by atoms with E-state index >= 15 is 0 Å². The SMILES string of the molecule is O=S(=O)([O-])C(F)F.[Tl+]. The van der Waals surface area contributed by atoms with Crippen LogP contribution in [0.4, 0.5) is 8.78 Å². The maximum Gasteiger partial charge on any atom is 1.00 e. The van der Waals surface area contributed by atoms with Gasteiger partial charge in [0.2, 0.25) is 0 Å². The van der Waals surface area contributed by atoms with Crippen LogP contribution in [-0.4, -0.2) is 46.0 Å². The van der Waals surface area contributed by atoms with E-state index in [4.69, 9.17) is 13.0 Å². The van der Waals surface area contributed by atoms with Crippen molar-refractivity contribution in [2.24, 2.45) is 0 Å². The molecule has 0 heterocycles. The van der Waals surface area contributed by atoms with Gasteiger partial charge in [0.05, 0.1) is 0 Å². The van der Waals surface area contributed by atoms with Crippen LogP contribution in [-0.2, 0) is 10.1 Å². The van der Waals surface area contributed by atoms with Gasteiger partial charge in [-0.3, -0.25) is 0 Å². The largest absolute Gasteiger partial charge is 1.00 e. The van der Waals surface area contributed by atoms with Crippen LogP contribution in [0.3, 0.4) is 0 Å². The van der Waals surface area contributed by atoms with Gasteiger partial charge in [-0.2, -0.15) is 8.78 Å². The first kappa shape index (κ1) is 11.5. The fourth-order valence-electron chi connectivity index (χ4n) is 0. The van der Waals surface area contributed by atoms with E-state index in [-0.39, 0.29) is 27.3 Å². The van der Waals surface area contributed by atoms with Gasteiger partial charge >= 0.3 is 33.1 Å². The van der Waals surface area contributed by atoms with Crippen LogP contribution in [0.25, 0.3) is 0 Å². The Kier molecular flexibility index (Phi) is 5.26. The fourth-order valence-corrected chi connectivity index (χ4v) is 0. The van der Waals surface area contributed by atoms with Crippen molar-refractivity contribution in [3.63, 3.8) is 0 Å². The van der Waals surface area contributed by atoms with Crippen LogP contribution < -0.4 is 0 Å². The van der Waals surface area contributed by atoms with E-state index in [9.17, 15) is 8.78 Å². The van der Waals surface area contributed by atoms with Crippen LogP contribution in [0.15, 0.2) is 0 Å². The molecule has 7 heteroatoms. The van der Waals surface area contributed by atoms with E-state index in [0.717, 1.165) is 0 Å². The maximum absolute atomic E-state index is 10.6. The molecule has 0 spiro atoms. The second-order valence-electron chi connectivity index (χ2n) is 0.753. The van der Waals surface area contributed by atoms with Crippen LogP contribution in [0.1, 0.15) is 0 Å². The Morgan fingerprint density at radius 2 is 1.50 bits per heavy atom. The molecular formula is CHF2O3STl. The number of hydrogen-bond acceptors (Lipinski definition) is 3. The molecule has 3 nitrogen and oxygen atoms in total. The molecule has 0 aromatic heterocycles. The van der Waals surface area contributed by atoms with Crippen molar-refractivity contribution in [3.05, 3.63) is 0 Å². The molecule has 0 aliphatic heterocycles. The first-order valence-electron chi connectivity index (χ1n) is 1.17. The maximum atomic E-state index is 10.6. The summed E-state index contributed by atoms with van der Waals surface area (Å²) in [6.45, 7) is 0. The number of halogens is 2. The van der Waals surface area contributed by atoms with Crippen molar-refractivity contribution >= 4 is 37.4 Å². The van der Waals surface area contributed by atoms with E-state index in [1.807, 2.05) is 0 Å². The summed E-state index contributed by atoms with van der Waals surface area (Å²) >= 11 is 0. The monoisotopic (exact) mass is 336 g/mol. The van der Waals surface area contributed by atoms with Crippen molar-refractivity contribution in [1.29, 1.82) is 0 Å². The smallest absolute Gasteiger partial charge is 0.744 e. The van der Waals surface area contributed by atoms with Gasteiger partial charge in [0.25, 0.3) is 0 Å². The third-order valence-corrected chi connectivity index (χ3v) is 0.655. The van der Waals surface area contributed by atoms with Gasteiger partial charge in [-0.25, -0.2) is 8.42 Å². The second-order valence-corrected chi connectivity index (χ2v) is 2.10. The molecule has 0 saturated heterocycles. The summed E-state index contributed by atoms with van der Waals surface area (Å²) in [5.74, 6) is -3.78. The predicted molar refractivity (Wildman–Crippen MR) is 21.5 cm³/mol. The summed E-state index contributed by atoms with van der Waals surface area (Å²) in [5, 5.41) is 0. The third kappa shape index (κ3) is 4.84. The molecule has 8 heavy (non-hydrogen) atoms. The summed E-state index contributed by atoms with van der Waals surface area (Å²) in [6.07, 6.45) is 0. The van der Waals surface area contributed by atoms with E-state index < -0.39 is 15.9 Å². The normalized spacial score (nSPS) is 11.0. The zero-order valence-electron chi connectivity index (χ0n) is 3.54. The molecule has 0 aliphatic rings. The molecule has 0 fully saturated rings. The first-order valence-corrected chi connectivity index (χ1v) is 2.64. The van der Waals surface area contributed by atoms with Crippen molar-refractivity contribution in [1.82, 2.24) is 0 Å². The molecule has 0 aromatic rings. The fraction of sp³-hybridized carbons (Fsp3) is 1.00. The zero-order valence-corrected chi connectivity index (χ0v) is 8.85. The van der Waals surface area contributed by atoms with E-state index in [1.54, 1.807) is 0 Å². The van der Waals surface area contributed by atoms with Crippen LogP contribution in [0.5, 0.6) is 0 Å². The third-order valence-electron chi connectivity index (χ3n) is 0.218. The molecule has 0 aliphatic carbocycles. The summed E-state index contributed by atoms with van der Waals surface area (Å²) in [6, 6.07) is 0. The van der Waals surface area contributed by atoms with Crippen molar-refractivity contribution < 1.29 is 21.8 Å². The molecule has 0 aromatic carbocycles. The molecule has 0 N–H and O–H groups in total. The summed E-state index contributed by atoms with van der Waals surface area (Å²) < 4.78 is 48.4.